The van der Waals surface area contributed by atoms with E-state index < -0.39 is 17.7 Å². The molecule has 0 aromatic carbocycles. The molecule has 2 atom stereocenters. The fraction of sp³-hybridized carbons (Fsp3) is 0.800. The smallest absolute Gasteiger partial charge is 0.312 e. The summed E-state index contributed by atoms with van der Waals surface area (Å²) < 4.78 is 0. The highest BCUT2D eigenvalue weighted by Crippen LogP contribution is 2.09. The second-order valence-electron chi connectivity index (χ2n) is 4.20. The fourth-order valence-electron chi connectivity index (χ4n) is 1.34. The Hall–Kier alpha value is -1.30. The number of carbonyl (C=O) groups is 2. The van der Waals surface area contributed by atoms with E-state index in [-0.39, 0.29) is 12.5 Å². The molecule has 0 aliphatic carbocycles. The Bertz CT molecular complexity index is 254. The highest BCUT2D eigenvalue weighted by molar-refractivity contribution is 5.86. The van der Waals surface area contributed by atoms with Crippen molar-refractivity contribution in [3.63, 3.8) is 0 Å². The van der Waals surface area contributed by atoms with E-state index in [2.05, 4.69) is 10.6 Å². The first-order valence-electron chi connectivity index (χ1n) is 5.34. The van der Waals surface area contributed by atoms with Crippen LogP contribution in [0.15, 0.2) is 0 Å². The number of urea groups is 1. The molecule has 3 amide bonds. The topological polar surface area (TPSA) is 104 Å². The number of amides is 3. The first-order valence-corrected chi connectivity index (χ1v) is 5.34. The molecule has 6 heteroatoms. The first kappa shape index (κ1) is 14.7. The van der Waals surface area contributed by atoms with E-state index in [9.17, 15) is 14.7 Å². The van der Waals surface area contributed by atoms with Gasteiger partial charge in [-0.05, 0) is 20.3 Å². The van der Waals surface area contributed by atoms with E-state index in [1.54, 1.807) is 6.92 Å². The van der Waals surface area contributed by atoms with Gasteiger partial charge < -0.3 is 21.5 Å². The molecule has 0 saturated carbocycles. The van der Waals surface area contributed by atoms with Crippen LogP contribution in [0.5, 0.6) is 0 Å². The maximum Gasteiger partial charge on any atom is 0.312 e. The van der Waals surface area contributed by atoms with E-state index in [1.807, 2.05) is 6.92 Å². The van der Waals surface area contributed by atoms with Gasteiger partial charge in [-0.25, -0.2) is 4.79 Å². The first-order chi connectivity index (χ1) is 7.28. The molecule has 94 valence electrons. The molecule has 6 nitrogen and oxygen atoms in total. The normalized spacial score (nSPS) is 16.0. The Balaban J connectivity index is 4.01. The van der Waals surface area contributed by atoms with Crippen LogP contribution in [-0.2, 0) is 4.79 Å². The molecule has 0 bridgehead atoms. The molecule has 16 heavy (non-hydrogen) atoms. The van der Waals surface area contributed by atoms with Crippen LogP contribution in [0.4, 0.5) is 4.79 Å². The second-order valence-corrected chi connectivity index (χ2v) is 4.20. The van der Waals surface area contributed by atoms with Crippen LogP contribution < -0.4 is 16.4 Å². The van der Waals surface area contributed by atoms with Gasteiger partial charge in [0.25, 0.3) is 0 Å². The highest BCUT2D eigenvalue weighted by atomic mass is 16.3. The Kier molecular flexibility index (Phi) is 5.81. The third-order valence-corrected chi connectivity index (χ3v) is 2.18. The average molecular weight is 231 g/mol. The van der Waals surface area contributed by atoms with Crippen LogP contribution in [0.3, 0.4) is 0 Å². The van der Waals surface area contributed by atoms with Crippen molar-refractivity contribution in [3.05, 3.63) is 0 Å². The van der Waals surface area contributed by atoms with Gasteiger partial charge in [0, 0.05) is 6.54 Å². The lowest BCUT2D eigenvalue weighted by molar-refractivity contribution is -0.123. The molecule has 0 fully saturated rings. The number of nitrogens with two attached hydrogens (primary N) is 1. The van der Waals surface area contributed by atoms with E-state index >= 15 is 0 Å². The van der Waals surface area contributed by atoms with Gasteiger partial charge in [0.1, 0.15) is 6.04 Å². The molecule has 0 saturated heterocycles. The van der Waals surface area contributed by atoms with Crippen molar-refractivity contribution in [3.8, 4) is 0 Å². The van der Waals surface area contributed by atoms with Crippen LogP contribution in [-0.4, -0.2) is 35.2 Å². The number of aliphatic hydroxyl groups is 1. The Morgan fingerprint density at radius 3 is 2.50 bits per heavy atom. The minimum atomic E-state index is -0.920. The summed E-state index contributed by atoms with van der Waals surface area (Å²) in [6.07, 6.45) is 1.43. The Morgan fingerprint density at radius 1 is 1.50 bits per heavy atom. The molecule has 2 unspecified atom stereocenters. The van der Waals surface area contributed by atoms with Gasteiger partial charge in [0.15, 0.2) is 0 Å². The fourth-order valence-corrected chi connectivity index (χ4v) is 1.34. The summed E-state index contributed by atoms with van der Waals surface area (Å²) >= 11 is 0. The van der Waals surface area contributed by atoms with Gasteiger partial charge in [-0.2, -0.15) is 0 Å². The maximum absolute atomic E-state index is 11.4. The summed E-state index contributed by atoms with van der Waals surface area (Å²) in [5.41, 5.74) is 3.96. The highest BCUT2D eigenvalue weighted by Gasteiger charge is 2.21. The zero-order valence-electron chi connectivity index (χ0n) is 10.0. The lowest BCUT2D eigenvalue weighted by atomic mass is 10.0. The molecular formula is C10H21N3O3. The Labute approximate surface area is 95.6 Å². The molecule has 0 aliphatic heterocycles. The molecule has 0 aliphatic rings. The van der Waals surface area contributed by atoms with Crippen molar-refractivity contribution in [1.82, 2.24) is 10.6 Å². The molecule has 0 aromatic heterocycles. The Morgan fingerprint density at radius 2 is 2.06 bits per heavy atom. The van der Waals surface area contributed by atoms with Crippen LogP contribution in [0, 0.1) is 0 Å². The summed E-state index contributed by atoms with van der Waals surface area (Å²) in [6.45, 7) is 5.29. The lowest BCUT2D eigenvalue weighted by Crippen LogP contribution is -2.50. The number of primary amides is 1. The van der Waals surface area contributed by atoms with Crippen molar-refractivity contribution < 1.29 is 14.7 Å². The van der Waals surface area contributed by atoms with Crippen molar-refractivity contribution in [1.29, 1.82) is 0 Å². The van der Waals surface area contributed by atoms with Crippen molar-refractivity contribution in [2.24, 2.45) is 5.73 Å². The standard InChI is InChI=1S/C10H21N3O3/c1-4-5-10(3,16)6-12-8(14)7(2)13-9(11)15/h7,16H,4-6H2,1-3H3,(H,12,14)(H3,11,13,15). The van der Waals surface area contributed by atoms with Gasteiger partial charge >= 0.3 is 6.03 Å². The number of nitrogens with one attached hydrogen (secondary N) is 2. The van der Waals surface area contributed by atoms with Crippen molar-refractivity contribution in [2.45, 2.75) is 45.3 Å². The molecule has 0 aromatic rings. The SMILES string of the molecule is CCCC(C)(O)CNC(=O)C(C)NC(N)=O. The second kappa shape index (κ2) is 6.32. The predicted octanol–water partition coefficient (Wildman–Crippen LogP) is -0.289. The minimum absolute atomic E-state index is 0.157. The van der Waals surface area contributed by atoms with Gasteiger partial charge in [0.2, 0.25) is 5.91 Å². The average Bonchev–Trinajstić information content (AvgIpc) is 2.13. The molecule has 5 N–H and O–H groups in total. The summed E-state index contributed by atoms with van der Waals surface area (Å²) in [5, 5.41) is 14.6. The van der Waals surface area contributed by atoms with Gasteiger partial charge in [-0.3, -0.25) is 4.79 Å². The number of hydrogen-bond donors (Lipinski definition) is 4. The molecule has 0 heterocycles. The van der Waals surface area contributed by atoms with E-state index in [4.69, 9.17) is 5.73 Å². The number of carbonyl (C=O) groups excluding carboxylic acids is 2. The molecular weight excluding hydrogens is 210 g/mol. The van der Waals surface area contributed by atoms with Crippen molar-refractivity contribution >= 4 is 11.9 Å². The van der Waals surface area contributed by atoms with Crippen LogP contribution in [0.1, 0.15) is 33.6 Å². The third kappa shape index (κ3) is 6.23. The predicted molar refractivity (Wildman–Crippen MR) is 60.7 cm³/mol. The summed E-state index contributed by atoms with van der Waals surface area (Å²) in [6, 6.07) is -1.45. The summed E-state index contributed by atoms with van der Waals surface area (Å²) in [7, 11) is 0. The van der Waals surface area contributed by atoms with Gasteiger partial charge in [-0.1, -0.05) is 13.3 Å². The zero-order valence-corrected chi connectivity index (χ0v) is 10.0. The van der Waals surface area contributed by atoms with Gasteiger partial charge in [0.05, 0.1) is 5.60 Å². The maximum atomic E-state index is 11.4. The monoisotopic (exact) mass is 231 g/mol. The minimum Gasteiger partial charge on any atom is -0.388 e. The van der Waals surface area contributed by atoms with Gasteiger partial charge in [-0.15, -0.1) is 0 Å². The van der Waals surface area contributed by atoms with E-state index in [1.165, 1.54) is 6.92 Å². The van der Waals surface area contributed by atoms with E-state index in [0.717, 1.165) is 6.42 Å². The van der Waals surface area contributed by atoms with Crippen molar-refractivity contribution in [2.75, 3.05) is 6.54 Å². The lowest BCUT2D eigenvalue weighted by Gasteiger charge is -2.24. The zero-order chi connectivity index (χ0) is 12.8. The molecule has 0 spiro atoms. The summed E-state index contributed by atoms with van der Waals surface area (Å²) in [4.78, 5) is 21.9. The number of rotatable bonds is 6. The van der Waals surface area contributed by atoms with Crippen LogP contribution in [0.25, 0.3) is 0 Å². The van der Waals surface area contributed by atoms with E-state index in [0.29, 0.717) is 6.42 Å². The molecule has 0 radical (unpaired) electrons. The number of hydrogen-bond acceptors (Lipinski definition) is 3. The van der Waals surface area contributed by atoms with Crippen LogP contribution >= 0.6 is 0 Å². The third-order valence-electron chi connectivity index (χ3n) is 2.18. The summed E-state index contributed by atoms with van der Waals surface area (Å²) in [5.74, 6) is -0.366. The van der Waals surface area contributed by atoms with Crippen LogP contribution in [0.2, 0.25) is 0 Å². The quantitative estimate of drug-likeness (QED) is 0.505. The largest absolute Gasteiger partial charge is 0.388 e. The molecule has 0 rings (SSSR count).